The van der Waals surface area contributed by atoms with Crippen molar-refractivity contribution in [2.75, 3.05) is 13.2 Å². The molecule has 71 heavy (non-hydrogen) atoms. The Balaban J connectivity index is 4.56. The molecule has 0 aliphatic heterocycles. The van der Waals surface area contributed by atoms with Gasteiger partial charge in [0.05, 0.1) is 0 Å². The van der Waals surface area contributed by atoms with Gasteiger partial charge < -0.3 is 14.2 Å². The number of carbonyl (C=O) groups excluding carboxylic acids is 3. The van der Waals surface area contributed by atoms with Crippen LogP contribution in [0.4, 0.5) is 0 Å². The Kier molecular flexibility index (Phi) is 54.9. The maximum atomic E-state index is 12.9. The van der Waals surface area contributed by atoms with Crippen LogP contribution in [-0.2, 0) is 28.6 Å². The topological polar surface area (TPSA) is 78.9 Å². The van der Waals surface area contributed by atoms with Crippen molar-refractivity contribution in [3.05, 3.63) is 122 Å². The van der Waals surface area contributed by atoms with Crippen LogP contribution in [0.1, 0.15) is 252 Å². The molecule has 0 aromatic rings. The fraction of sp³-hybridized carbons (Fsp3) is 0.646. The Hall–Kier alpha value is -4.19. The molecule has 6 heteroatoms. The molecule has 0 heterocycles. The average Bonchev–Trinajstić information content (AvgIpc) is 3.37. The minimum Gasteiger partial charge on any atom is -0.462 e. The number of allylic oxidation sites excluding steroid dienone is 20. The van der Waals surface area contributed by atoms with Crippen LogP contribution in [0.5, 0.6) is 0 Å². The van der Waals surface area contributed by atoms with Crippen molar-refractivity contribution in [1.29, 1.82) is 0 Å². The van der Waals surface area contributed by atoms with E-state index in [0.29, 0.717) is 25.7 Å². The van der Waals surface area contributed by atoms with Gasteiger partial charge in [0.15, 0.2) is 6.10 Å². The number of esters is 3. The summed E-state index contributed by atoms with van der Waals surface area (Å²) in [6.45, 7) is 6.39. The Bertz CT molecular complexity index is 1500. The standard InChI is InChI=1S/C65H106O6/c1-4-7-10-13-16-19-22-25-28-30-32-34-37-40-43-46-49-52-55-58-64(67)70-61-62(60-69-63(66)57-54-51-48-45-42-39-36-27-24-21-18-15-12-9-6-3)71-65(68)59-56-53-50-47-44-41-38-35-33-31-29-26-23-20-17-14-11-8-5-2/h7,10,16,18-19,21,25,27-28,31-34,36,40,42-43,45,49,52,62H,4-6,8-9,11-15,17,20,22-24,26,29-30,35,37-39,41,44,46-48,50-51,53-61H2,1-3H3/b10-7-,19-16-,21-18-,28-25-,33-31-,34-32-,36-27-,43-40-,45-42-,52-49-/t62-/m1/s1. The first kappa shape index (κ1) is 66.8. The number of hydrogen-bond acceptors (Lipinski definition) is 6. The van der Waals surface area contributed by atoms with E-state index < -0.39 is 6.10 Å². The van der Waals surface area contributed by atoms with Crippen LogP contribution in [0.3, 0.4) is 0 Å². The van der Waals surface area contributed by atoms with Crippen LogP contribution in [0.15, 0.2) is 122 Å². The SMILES string of the molecule is CC/C=C\C/C=C\C/C=C\C/C=C\C/C=C\C/C=C\CCC(=O)OC[C@@H](COC(=O)CCCC/C=C\C/C=C\C/C=C\CCCCC)OC(=O)CCCCCCCCC/C=C\CCCCCCCCCC. The van der Waals surface area contributed by atoms with Crippen molar-refractivity contribution < 1.29 is 28.6 Å². The van der Waals surface area contributed by atoms with Gasteiger partial charge >= 0.3 is 17.9 Å². The van der Waals surface area contributed by atoms with Crippen molar-refractivity contribution in [2.24, 2.45) is 0 Å². The first-order valence-corrected chi connectivity index (χ1v) is 29.0. The summed E-state index contributed by atoms with van der Waals surface area (Å²) in [5.74, 6) is -1.05. The molecule has 0 fully saturated rings. The molecule has 0 amide bonds. The number of hydrogen-bond donors (Lipinski definition) is 0. The van der Waals surface area contributed by atoms with Crippen LogP contribution in [0.2, 0.25) is 0 Å². The average molecular weight is 984 g/mol. The predicted molar refractivity (Wildman–Crippen MR) is 306 cm³/mol. The maximum Gasteiger partial charge on any atom is 0.306 e. The smallest absolute Gasteiger partial charge is 0.306 e. The lowest BCUT2D eigenvalue weighted by molar-refractivity contribution is -0.166. The van der Waals surface area contributed by atoms with E-state index in [4.69, 9.17) is 14.2 Å². The minimum atomic E-state index is -0.830. The zero-order valence-electron chi connectivity index (χ0n) is 45.9. The molecule has 0 aromatic heterocycles. The van der Waals surface area contributed by atoms with E-state index in [9.17, 15) is 14.4 Å². The second-order valence-corrected chi connectivity index (χ2v) is 18.8. The second-order valence-electron chi connectivity index (χ2n) is 18.8. The minimum absolute atomic E-state index is 0.125. The monoisotopic (exact) mass is 983 g/mol. The largest absolute Gasteiger partial charge is 0.462 e. The van der Waals surface area contributed by atoms with Gasteiger partial charge in [-0.15, -0.1) is 0 Å². The van der Waals surface area contributed by atoms with E-state index in [1.54, 1.807) is 0 Å². The molecule has 0 saturated carbocycles. The zero-order valence-corrected chi connectivity index (χ0v) is 45.9. The number of ether oxygens (including phenoxy) is 3. The summed E-state index contributed by atoms with van der Waals surface area (Å²) >= 11 is 0. The van der Waals surface area contributed by atoms with Crippen LogP contribution in [-0.4, -0.2) is 37.2 Å². The molecule has 0 aliphatic carbocycles. The number of carbonyl (C=O) groups is 3. The first-order chi connectivity index (χ1) is 35.0. The van der Waals surface area contributed by atoms with E-state index in [-0.39, 0.29) is 37.5 Å². The molecule has 0 saturated heterocycles. The van der Waals surface area contributed by atoms with Crippen molar-refractivity contribution in [3.63, 3.8) is 0 Å². The highest BCUT2D eigenvalue weighted by Crippen LogP contribution is 2.14. The summed E-state index contributed by atoms with van der Waals surface area (Å²) in [4.78, 5) is 38.1. The molecule has 0 aliphatic rings. The van der Waals surface area contributed by atoms with Gasteiger partial charge in [-0.3, -0.25) is 14.4 Å². The van der Waals surface area contributed by atoms with Gasteiger partial charge in [-0.2, -0.15) is 0 Å². The summed E-state index contributed by atoms with van der Waals surface area (Å²) in [7, 11) is 0. The van der Waals surface area contributed by atoms with Gasteiger partial charge in [0, 0.05) is 19.3 Å². The summed E-state index contributed by atoms with van der Waals surface area (Å²) in [5, 5.41) is 0. The highest BCUT2D eigenvalue weighted by atomic mass is 16.6. The quantitative estimate of drug-likeness (QED) is 0.0261. The third-order valence-corrected chi connectivity index (χ3v) is 11.9. The normalized spacial score (nSPS) is 13.0. The van der Waals surface area contributed by atoms with Crippen molar-refractivity contribution >= 4 is 17.9 Å². The van der Waals surface area contributed by atoms with Crippen LogP contribution in [0.25, 0.3) is 0 Å². The number of unbranched alkanes of at least 4 members (excludes halogenated alkanes) is 20. The first-order valence-electron chi connectivity index (χ1n) is 29.0. The molecule has 0 spiro atoms. The van der Waals surface area contributed by atoms with E-state index in [1.165, 1.54) is 116 Å². The predicted octanol–water partition coefficient (Wildman–Crippen LogP) is 19.6. The highest BCUT2D eigenvalue weighted by Gasteiger charge is 2.19. The van der Waals surface area contributed by atoms with Crippen LogP contribution < -0.4 is 0 Å². The lowest BCUT2D eigenvalue weighted by Crippen LogP contribution is -2.30. The summed E-state index contributed by atoms with van der Waals surface area (Å²) in [6.07, 6.45) is 80.6. The van der Waals surface area contributed by atoms with E-state index in [2.05, 4.69) is 130 Å². The molecule has 0 radical (unpaired) electrons. The fourth-order valence-corrected chi connectivity index (χ4v) is 7.59. The molecule has 0 bridgehead atoms. The van der Waals surface area contributed by atoms with Gasteiger partial charge in [0.2, 0.25) is 0 Å². The zero-order chi connectivity index (χ0) is 51.4. The van der Waals surface area contributed by atoms with E-state index in [0.717, 1.165) is 83.5 Å². The van der Waals surface area contributed by atoms with Crippen molar-refractivity contribution in [2.45, 2.75) is 258 Å². The van der Waals surface area contributed by atoms with Crippen molar-refractivity contribution in [3.8, 4) is 0 Å². The summed E-state index contributed by atoms with van der Waals surface area (Å²) < 4.78 is 16.8. The van der Waals surface area contributed by atoms with Gasteiger partial charge in [-0.05, 0) is 122 Å². The van der Waals surface area contributed by atoms with Crippen LogP contribution >= 0.6 is 0 Å². The lowest BCUT2D eigenvalue weighted by atomic mass is 10.1. The Labute approximate surface area is 437 Å². The Morgan fingerprint density at radius 3 is 1.01 bits per heavy atom. The van der Waals surface area contributed by atoms with Gasteiger partial charge in [0.25, 0.3) is 0 Å². The molecule has 0 rings (SSSR count). The van der Waals surface area contributed by atoms with E-state index in [1.807, 2.05) is 12.2 Å². The molecular formula is C65H106O6. The molecular weight excluding hydrogens is 877 g/mol. The third kappa shape index (κ3) is 56.6. The fourth-order valence-electron chi connectivity index (χ4n) is 7.59. The molecule has 1 atom stereocenters. The number of rotatable bonds is 51. The summed E-state index contributed by atoms with van der Waals surface area (Å²) in [6, 6.07) is 0. The van der Waals surface area contributed by atoms with Gasteiger partial charge in [-0.1, -0.05) is 232 Å². The molecule has 0 N–H and O–H groups in total. The Morgan fingerprint density at radius 1 is 0.296 bits per heavy atom. The second kappa shape index (κ2) is 58.4. The summed E-state index contributed by atoms with van der Waals surface area (Å²) in [5.41, 5.74) is 0. The van der Waals surface area contributed by atoms with Gasteiger partial charge in [0.1, 0.15) is 13.2 Å². The molecule has 0 unspecified atom stereocenters. The third-order valence-electron chi connectivity index (χ3n) is 11.9. The van der Waals surface area contributed by atoms with E-state index >= 15 is 0 Å². The molecule has 6 nitrogen and oxygen atoms in total. The molecule has 0 aromatic carbocycles. The highest BCUT2D eigenvalue weighted by molar-refractivity contribution is 5.71. The molecule has 402 valence electrons. The lowest BCUT2D eigenvalue weighted by Gasteiger charge is -2.18. The van der Waals surface area contributed by atoms with Crippen molar-refractivity contribution in [1.82, 2.24) is 0 Å². The maximum absolute atomic E-state index is 12.9. The van der Waals surface area contributed by atoms with Crippen LogP contribution in [0, 0.1) is 0 Å². The van der Waals surface area contributed by atoms with Gasteiger partial charge in [-0.25, -0.2) is 0 Å². The Morgan fingerprint density at radius 2 is 0.577 bits per heavy atom.